The third-order valence-corrected chi connectivity index (χ3v) is 3.83. The maximum absolute atomic E-state index is 12.2. The number of hydrogen-bond donors (Lipinski definition) is 1. The molecule has 2 aromatic rings. The number of carbonyl (C=O) groups excluding carboxylic acids is 1. The summed E-state index contributed by atoms with van der Waals surface area (Å²) in [5.41, 5.74) is 8.32. The molecule has 1 aromatic heterocycles. The van der Waals surface area contributed by atoms with Crippen molar-refractivity contribution in [2.75, 3.05) is 25.4 Å². The molecule has 2 N–H and O–H groups in total. The van der Waals surface area contributed by atoms with Crippen molar-refractivity contribution in [2.24, 2.45) is 0 Å². The summed E-state index contributed by atoms with van der Waals surface area (Å²) >= 11 is 0. The zero-order valence-corrected chi connectivity index (χ0v) is 13.0. The van der Waals surface area contributed by atoms with E-state index in [0.29, 0.717) is 17.7 Å². The summed E-state index contributed by atoms with van der Waals surface area (Å²) in [6.07, 6.45) is 5.09. The summed E-state index contributed by atoms with van der Waals surface area (Å²) in [7, 11) is 0. The van der Waals surface area contributed by atoms with Crippen LogP contribution < -0.4 is 5.73 Å². The molecule has 0 saturated heterocycles. The van der Waals surface area contributed by atoms with Gasteiger partial charge in [0.05, 0.1) is 0 Å². The van der Waals surface area contributed by atoms with Crippen LogP contribution in [0.5, 0.6) is 0 Å². The van der Waals surface area contributed by atoms with Crippen LogP contribution in [0.3, 0.4) is 0 Å². The van der Waals surface area contributed by atoms with Gasteiger partial charge in [-0.25, -0.2) is 0 Å². The number of anilines is 1. The summed E-state index contributed by atoms with van der Waals surface area (Å²) < 4.78 is 0. The van der Waals surface area contributed by atoms with E-state index in [1.54, 1.807) is 12.1 Å². The third-order valence-electron chi connectivity index (χ3n) is 3.83. The van der Waals surface area contributed by atoms with E-state index in [2.05, 4.69) is 16.8 Å². The Kier molecular flexibility index (Phi) is 6.10. The average molecular weight is 297 g/mol. The first kappa shape index (κ1) is 16.2. The lowest BCUT2D eigenvalue weighted by Crippen LogP contribution is -2.28. The van der Waals surface area contributed by atoms with E-state index in [1.165, 1.54) is 5.56 Å². The Morgan fingerprint density at radius 1 is 1.14 bits per heavy atom. The fraction of sp³-hybridized carbons (Fsp3) is 0.333. The molecule has 0 aliphatic heterocycles. The van der Waals surface area contributed by atoms with Crippen LogP contribution in [0.4, 0.5) is 5.69 Å². The number of nitrogens with two attached hydrogens (primary N) is 1. The number of benzene rings is 1. The van der Waals surface area contributed by atoms with E-state index in [4.69, 9.17) is 5.73 Å². The molecular formula is C18H23N3O. The molecule has 0 radical (unpaired) electrons. The SMILES string of the molecule is CCN(CCC(=O)c1ccccc1N)CCc1ccncc1. The van der Waals surface area contributed by atoms with Crippen LogP contribution in [0.1, 0.15) is 29.3 Å². The molecule has 4 nitrogen and oxygen atoms in total. The highest BCUT2D eigenvalue weighted by Gasteiger charge is 2.11. The van der Waals surface area contributed by atoms with Crippen molar-refractivity contribution < 1.29 is 4.79 Å². The Hall–Kier alpha value is -2.20. The van der Waals surface area contributed by atoms with E-state index in [0.717, 1.165) is 26.1 Å². The minimum absolute atomic E-state index is 0.112. The first-order valence-corrected chi connectivity index (χ1v) is 7.69. The maximum Gasteiger partial charge on any atom is 0.166 e. The second-order valence-corrected chi connectivity index (χ2v) is 5.30. The van der Waals surface area contributed by atoms with Gasteiger partial charge in [-0.05, 0) is 42.8 Å². The Morgan fingerprint density at radius 3 is 2.55 bits per heavy atom. The van der Waals surface area contributed by atoms with Crippen LogP contribution in [0.2, 0.25) is 0 Å². The molecule has 0 atom stereocenters. The Bertz CT molecular complexity index is 598. The molecule has 0 unspecified atom stereocenters. The van der Waals surface area contributed by atoms with Gasteiger partial charge in [0.25, 0.3) is 0 Å². The number of rotatable bonds is 8. The number of likely N-dealkylation sites (N-methyl/N-ethyl adjacent to an activating group) is 1. The van der Waals surface area contributed by atoms with Crippen molar-refractivity contribution in [1.82, 2.24) is 9.88 Å². The number of para-hydroxylation sites is 1. The largest absolute Gasteiger partial charge is 0.398 e. The molecule has 0 amide bonds. The highest BCUT2D eigenvalue weighted by atomic mass is 16.1. The Morgan fingerprint density at radius 2 is 1.86 bits per heavy atom. The van der Waals surface area contributed by atoms with Crippen LogP contribution in [-0.4, -0.2) is 35.3 Å². The lowest BCUT2D eigenvalue weighted by Gasteiger charge is -2.20. The zero-order chi connectivity index (χ0) is 15.8. The summed E-state index contributed by atoms with van der Waals surface area (Å²) in [5.74, 6) is 0.112. The molecule has 0 spiro atoms. The van der Waals surface area contributed by atoms with Crippen LogP contribution in [-0.2, 0) is 6.42 Å². The highest BCUT2D eigenvalue weighted by Crippen LogP contribution is 2.13. The van der Waals surface area contributed by atoms with Crippen molar-refractivity contribution >= 4 is 11.5 Å². The van der Waals surface area contributed by atoms with Crippen molar-refractivity contribution in [3.63, 3.8) is 0 Å². The van der Waals surface area contributed by atoms with Gasteiger partial charge < -0.3 is 10.6 Å². The highest BCUT2D eigenvalue weighted by molar-refractivity contribution is 6.00. The molecule has 22 heavy (non-hydrogen) atoms. The van der Waals surface area contributed by atoms with Crippen LogP contribution in [0, 0.1) is 0 Å². The molecule has 0 bridgehead atoms. The summed E-state index contributed by atoms with van der Waals surface area (Å²) in [4.78, 5) is 18.6. The third kappa shape index (κ3) is 4.67. The van der Waals surface area contributed by atoms with E-state index in [1.807, 2.05) is 36.7 Å². The maximum atomic E-state index is 12.2. The van der Waals surface area contributed by atoms with Gasteiger partial charge in [0, 0.05) is 43.2 Å². The number of ketones is 1. The molecule has 116 valence electrons. The second kappa shape index (κ2) is 8.29. The summed E-state index contributed by atoms with van der Waals surface area (Å²) in [5, 5.41) is 0. The minimum atomic E-state index is 0.112. The Balaban J connectivity index is 1.83. The van der Waals surface area contributed by atoms with Gasteiger partial charge in [-0.1, -0.05) is 19.1 Å². The van der Waals surface area contributed by atoms with Gasteiger partial charge >= 0.3 is 0 Å². The first-order valence-electron chi connectivity index (χ1n) is 7.69. The molecule has 0 aliphatic carbocycles. The van der Waals surface area contributed by atoms with Crippen LogP contribution >= 0.6 is 0 Å². The molecule has 0 fully saturated rings. The number of nitrogen functional groups attached to an aromatic ring is 1. The average Bonchev–Trinajstić information content (AvgIpc) is 2.56. The lowest BCUT2D eigenvalue weighted by molar-refractivity contribution is 0.0966. The topological polar surface area (TPSA) is 59.2 Å². The number of nitrogens with zero attached hydrogens (tertiary/aromatic N) is 2. The molecular weight excluding hydrogens is 274 g/mol. The fourth-order valence-electron chi connectivity index (χ4n) is 2.41. The number of pyridine rings is 1. The van der Waals surface area contributed by atoms with E-state index < -0.39 is 0 Å². The van der Waals surface area contributed by atoms with Crippen molar-refractivity contribution in [3.8, 4) is 0 Å². The van der Waals surface area contributed by atoms with Gasteiger partial charge in [-0.15, -0.1) is 0 Å². The van der Waals surface area contributed by atoms with Gasteiger partial charge in [-0.2, -0.15) is 0 Å². The number of carbonyl (C=O) groups is 1. The van der Waals surface area contributed by atoms with Gasteiger partial charge in [0.2, 0.25) is 0 Å². The smallest absolute Gasteiger partial charge is 0.166 e. The number of aromatic nitrogens is 1. The monoisotopic (exact) mass is 297 g/mol. The van der Waals surface area contributed by atoms with Crippen molar-refractivity contribution in [3.05, 3.63) is 59.9 Å². The van der Waals surface area contributed by atoms with Gasteiger partial charge in [0.1, 0.15) is 0 Å². The Labute approximate surface area is 132 Å². The summed E-state index contributed by atoms with van der Waals surface area (Å²) in [6, 6.07) is 11.3. The number of Topliss-reactive ketones (excluding diaryl/α,β-unsaturated/α-hetero) is 1. The normalized spacial score (nSPS) is 10.8. The standard InChI is InChI=1S/C18H23N3O/c1-2-21(13-9-15-7-11-20-12-8-15)14-10-18(22)16-5-3-4-6-17(16)19/h3-8,11-12H,2,9-10,13-14,19H2,1H3. The van der Waals surface area contributed by atoms with Crippen molar-refractivity contribution in [2.45, 2.75) is 19.8 Å². The second-order valence-electron chi connectivity index (χ2n) is 5.30. The quantitative estimate of drug-likeness (QED) is 0.601. The van der Waals surface area contributed by atoms with Gasteiger partial charge in [0.15, 0.2) is 5.78 Å². The number of hydrogen-bond acceptors (Lipinski definition) is 4. The summed E-state index contributed by atoms with van der Waals surface area (Å²) in [6.45, 7) is 4.75. The lowest BCUT2D eigenvalue weighted by atomic mass is 10.1. The zero-order valence-electron chi connectivity index (χ0n) is 13.0. The van der Waals surface area contributed by atoms with E-state index in [-0.39, 0.29) is 5.78 Å². The molecule has 1 heterocycles. The van der Waals surface area contributed by atoms with Crippen LogP contribution in [0.15, 0.2) is 48.8 Å². The van der Waals surface area contributed by atoms with Gasteiger partial charge in [-0.3, -0.25) is 9.78 Å². The van der Waals surface area contributed by atoms with E-state index in [9.17, 15) is 4.79 Å². The van der Waals surface area contributed by atoms with E-state index >= 15 is 0 Å². The van der Waals surface area contributed by atoms with Crippen LogP contribution in [0.25, 0.3) is 0 Å². The fourth-order valence-corrected chi connectivity index (χ4v) is 2.41. The molecule has 4 heteroatoms. The molecule has 1 aromatic carbocycles. The first-order chi connectivity index (χ1) is 10.7. The van der Waals surface area contributed by atoms with Crippen molar-refractivity contribution in [1.29, 1.82) is 0 Å². The minimum Gasteiger partial charge on any atom is -0.398 e. The molecule has 0 aliphatic rings. The molecule has 2 rings (SSSR count). The molecule has 0 saturated carbocycles. The predicted molar refractivity (Wildman–Crippen MR) is 89.9 cm³/mol. The predicted octanol–water partition coefficient (Wildman–Crippen LogP) is 2.80.